The van der Waals surface area contributed by atoms with E-state index in [2.05, 4.69) is 16.4 Å². The van der Waals surface area contributed by atoms with Crippen molar-refractivity contribution < 1.29 is 0 Å². The van der Waals surface area contributed by atoms with Gasteiger partial charge in [-0.25, -0.2) is 4.98 Å². The Morgan fingerprint density at radius 2 is 2.12 bits per heavy atom. The molecule has 0 fully saturated rings. The Hall–Kier alpha value is -1.86. The van der Waals surface area contributed by atoms with E-state index in [1.807, 2.05) is 42.6 Å². The van der Waals surface area contributed by atoms with Crippen LogP contribution in [0.4, 0.5) is 5.69 Å². The van der Waals surface area contributed by atoms with Crippen molar-refractivity contribution in [2.24, 2.45) is 0 Å². The van der Waals surface area contributed by atoms with Crippen LogP contribution in [0.1, 0.15) is 16.7 Å². The Morgan fingerprint density at radius 3 is 2.69 bits per heavy atom. The summed E-state index contributed by atoms with van der Waals surface area (Å²) in [5, 5.41) is 15.0. The smallest absolute Gasteiger partial charge is 0.166 e. The lowest BCUT2D eigenvalue weighted by molar-refractivity contribution is 0.963. The molecule has 1 unspecified atom stereocenters. The van der Waals surface area contributed by atoms with Gasteiger partial charge in [0.15, 0.2) is 6.04 Å². The highest BCUT2D eigenvalue weighted by Gasteiger charge is 2.13. The van der Waals surface area contributed by atoms with E-state index in [4.69, 9.17) is 5.26 Å². The molecule has 1 N–H and O–H groups in total. The number of hydrogen-bond acceptors (Lipinski definition) is 4. The summed E-state index contributed by atoms with van der Waals surface area (Å²) in [6, 6.07) is 11.5. The van der Waals surface area contributed by atoms with Crippen LogP contribution in [0.3, 0.4) is 0 Å². The number of rotatable bonds is 3. The largest absolute Gasteiger partial charge is 0.364 e. The number of thiazole rings is 1. The zero-order valence-electron chi connectivity index (χ0n) is 8.84. The van der Waals surface area contributed by atoms with Crippen LogP contribution in [0.5, 0.6) is 0 Å². The van der Waals surface area contributed by atoms with Crippen molar-refractivity contribution in [3.8, 4) is 6.07 Å². The first-order chi connectivity index (χ1) is 7.79. The van der Waals surface area contributed by atoms with Crippen molar-refractivity contribution in [3.63, 3.8) is 0 Å². The SMILES string of the molecule is Cc1csc(C(C#N)Nc2ccccc2)n1. The fourth-order valence-corrected chi connectivity index (χ4v) is 2.14. The predicted molar refractivity (Wildman–Crippen MR) is 65.3 cm³/mol. The Bertz CT molecular complexity index is 498. The van der Waals surface area contributed by atoms with Crippen LogP contribution in [0.2, 0.25) is 0 Å². The van der Waals surface area contributed by atoms with Gasteiger partial charge in [-0.05, 0) is 19.1 Å². The normalized spacial score (nSPS) is 11.8. The van der Waals surface area contributed by atoms with Crippen molar-refractivity contribution in [2.75, 3.05) is 5.32 Å². The van der Waals surface area contributed by atoms with Gasteiger partial charge in [-0.3, -0.25) is 0 Å². The van der Waals surface area contributed by atoms with E-state index in [0.29, 0.717) is 0 Å². The van der Waals surface area contributed by atoms with E-state index < -0.39 is 0 Å². The third-order valence-electron chi connectivity index (χ3n) is 2.10. The molecule has 1 heterocycles. The minimum Gasteiger partial charge on any atom is -0.364 e. The van der Waals surface area contributed by atoms with Gasteiger partial charge in [0, 0.05) is 16.8 Å². The third kappa shape index (κ3) is 2.38. The molecule has 16 heavy (non-hydrogen) atoms. The van der Waals surface area contributed by atoms with E-state index in [1.54, 1.807) is 0 Å². The fourth-order valence-electron chi connectivity index (χ4n) is 1.36. The van der Waals surface area contributed by atoms with Crippen molar-refractivity contribution in [2.45, 2.75) is 13.0 Å². The summed E-state index contributed by atoms with van der Waals surface area (Å²) in [6.45, 7) is 1.93. The van der Waals surface area contributed by atoms with Gasteiger partial charge in [0.25, 0.3) is 0 Å². The van der Waals surface area contributed by atoms with Crippen LogP contribution in [-0.4, -0.2) is 4.98 Å². The average Bonchev–Trinajstić information content (AvgIpc) is 2.74. The van der Waals surface area contributed by atoms with Gasteiger partial charge in [0.2, 0.25) is 0 Å². The number of hydrogen-bond donors (Lipinski definition) is 1. The number of benzene rings is 1. The van der Waals surface area contributed by atoms with Crippen LogP contribution in [0, 0.1) is 18.3 Å². The predicted octanol–water partition coefficient (Wildman–Crippen LogP) is 3.13. The van der Waals surface area contributed by atoms with Gasteiger partial charge in [0.1, 0.15) is 5.01 Å². The quantitative estimate of drug-likeness (QED) is 0.879. The van der Waals surface area contributed by atoms with Gasteiger partial charge in [-0.2, -0.15) is 5.26 Å². The summed E-state index contributed by atoms with van der Waals surface area (Å²) in [6.07, 6.45) is 0. The first-order valence-corrected chi connectivity index (χ1v) is 5.81. The van der Waals surface area contributed by atoms with Gasteiger partial charge in [0.05, 0.1) is 6.07 Å². The Labute approximate surface area is 98.4 Å². The summed E-state index contributed by atoms with van der Waals surface area (Å²) < 4.78 is 0. The molecular weight excluding hydrogens is 218 g/mol. The molecule has 3 nitrogen and oxygen atoms in total. The maximum atomic E-state index is 9.10. The topological polar surface area (TPSA) is 48.7 Å². The molecule has 2 rings (SSSR count). The number of anilines is 1. The van der Waals surface area contributed by atoms with Gasteiger partial charge in [-0.1, -0.05) is 18.2 Å². The third-order valence-corrected chi connectivity index (χ3v) is 3.13. The monoisotopic (exact) mass is 229 g/mol. The lowest BCUT2D eigenvalue weighted by Gasteiger charge is -2.09. The molecule has 1 aromatic heterocycles. The maximum Gasteiger partial charge on any atom is 0.166 e. The van der Waals surface area contributed by atoms with Crippen LogP contribution in [-0.2, 0) is 0 Å². The van der Waals surface area contributed by atoms with Crippen molar-refractivity contribution >= 4 is 17.0 Å². The molecule has 4 heteroatoms. The molecule has 0 amide bonds. The van der Waals surface area contributed by atoms with Crippen molar-refractivity contribution in [3.05, 3.63) is 46.4 Å². The summed E-state index contributed by atoms with van der Waals surface area (Å²) in [5.41, 5.74) is 1.89. The zero-order chi connectivity index (χ0) is 11.4. The molecule has 0 aliphatic rings. The number of aromatic nitrogens is 1. The maximum absolute atomic E-state index is 9.10. The number of nitrogens with one attached hydrogen (secondary N) is 1. The lowest BCUT2D eigenvalue weighted by Crippen LogP contribution is -2.07. The van der Waals surface area contributed by atoms with E-state index in [1.165, 1.54) is 11.3 Å². The molecule has 80 valence electrons. The highest BCUT2D eigenvalue weighted by Crippen LogP contribution is 2.21. The molecular formula is C12H11N3S. The molecule has 0 aliphatic carbocycles. The summed E-state index contributed by atoms with van der Waals surface area (Å²) >= 11 is 1.51. The zero-order valence-corrected chi connectivity index (χ0v) is 9.66. The molecule has 0 saturated carbocycles. The van der Waals surface area contributed by atoms with Gasteiger partial charge >= 0.3 is 0 Å². The fraction of sp³-hybridized carbons (Fsp3) is 0.167. The lowest BCUT2D eigenvalue weighted by atomic mass is 10.2. The Balaban J connectivity index is 2.16. The minimum absolute atomic E-state index is 0.374. The van der Waals surface area contributed by atoms with Crippen molar-refractivity contribution in [1.29, 1.82) is 5.26 Å². The van der Waals surface area contributed by atoms with E-state index in [9.17, 15) is 0 Å². The second-order valence-corrected chi connectivity index (χ2v) is 4.29. The van der Waals surface area contributed by atoms with E-state index in [0.717, 1.165) is 16.4 Å². The van der Waals surface area contributed by atoms with Crippen LogP contribution in [0.25, 0.3) is 0 Å². The molecule has 1 aromatic carbocycles. The molecule has 1 atom stereocenters. The standard InChI is InChI=1S/C12H11N3S/c1-9-8-16-12(14-9)11(7-13)15-10-5-3-2-4-6-10/h2-6,8,11,15H,1H3. The van der Waals surface area contributed by atoms with Crippen LogP contribution >= 0.6 is 11.3 Å². The van der Waals surface area contributed by atoms with E-state index in [-0.39, 0.29) is 6.04 Å². The second kappa shape index (κ2) is 4.77. The molecule has 0 saturated heterocycles. The van der Waals surface area contributed by atoms with Gasteiger partial charge in [-0.15, -0.1) is 11.3 Å². The summed E-state index contributed by atoms with van der Waals surface area (Å²) in [4.78, 5) is 4.31. The molecule has 0 spiro atoms. The van der Waals surface area contributed by atoms with E-state index >= 15 is 0 Å². The van der Waals surface area contributed by atoms with Crippen LogP contribution < -0.4 is 5.32 Å². The minimum atomic E-state index is -0.374. The Morgan fingerprint density at radius 1 is 1.38 bits per heavy atom. The summed E-state index contributed by atoms with van der Waals surface area (Å²) in [7, 11) is 0. The molecule has 0 aliphatic heterocycles. The second-order valence-electron chi connectivity index (χ2n) is 3.40. The Kier molecular flexibility index (Phi) is 3.18. The van der Waals surface area contributed by atoms with Gasteiger partial charge < -0.3 is 5.32 Å². The molecule has 0 bridgehead atoms. The molecule has 2 aromatic rings. The molecule has 0 radical (unpaired) electrons. The number of aryl methyl sites for hydroxylation is 1. The summed E-state index contributed by atoms with van der Waals surface area (Å²) in [5.74, 6) is 0. The number of nitrogens with zero attached hydrogens (tertiary/aromatic N) is 2. The average molecular weight is 229 g/mol. The highest BCUT2D eigenvalue weighted by atomic mass is 32.1. The first-order valence-electron chi connectivity index (χ1n) is 4.93. The number of nitriles is 1. The highest BCUT2D eigenvalue weighted by molar-refractivity contribution is 7.09. The van der Waals surface area contributed by atoms with Crippen molar-refractivity contribution in [1.82, 2.24) is 4.98 Å². The van der Waals surface area contributed by atoms with Crippen LogP contribution in [0.15, 0.2) is 35.7 Å². The number of para-hydroxylation sites is 1. The first kappa shape index (κ1) is 10.7.